The van der Waals surface area contributed by atoms with Crippen molar-refractivity contribution in [2.45, 2.75) is 45.8 Å². The van der Waals surface area contributed by atoms with E-state index in [0.717, 1.165) is 22.6 Å². The van der Waals surface area contributed by atoms with E-state index in [1.165, 1.54) is 0 Å². The SMILES string of the molecule is Cc1ccc(-c2ccc(CC(NC(=O)OC(C)(C)C)C(=O)O)cc2)o1. The summed E-state index contributed by atoms with van der Waals surface area (Å²) in [5, 5.41) is 11.7. The van der Waals surface area contributed by atoms with Gasteiger partial charge in [0.05, 0.1) is 0 Å². The van der Waals surface area contributed by atoms with Crippen LogP contribution in [0.2, 0.25) is 0 Å². The van der Waals surface area contributed by atoms with Gasteiger partial charge >= 0.3 is 12.1 Å². The van der Waals surface area contributed by atoms with E-state index in [4.69, 9.17) is 9.15 Å². The quantitative estimate of drug-likeness (QED) is 0.861. The van der Waals surface area contributed by atoms with Crippen LogP contribution in [0.15, 0.2) is 40.8 Å². The Hall–Kier alpha value is -2.76. The number of carboxylic acid groups (broad SMARTS) is 1. The van der Waals surface area contributed by atoms with E-state index in [1.54, 1.807) is 20.8 Å². The standard InChI is InChI=1S/C19H23NO5/c1-12-5-10-16(24-12)14-8-6-13(7-9-14)11-15(17(21)22)20-18(23)25-19(2,3)4/h5-10,15H,11H2,1-4H3,(H,20,23)(H,21,22). The molecule has 0 aliphatic carbocycles. The summed E-state index contributed by atoms with van der Waals surface area (Å²) in [5.41, 5.74) is 1.01. The van der Waals surface area contributed by atoms with Gasteiger partial charge in [-0.1, -0.05) is 24.3 Å². The molecule has 0 saturated carbocycles. The number of carbonyl (C=O) groups is 2. The minimum atomic E-state index is -1.11. The molecule has 0 spiro atoms. The lowest BCUT2D eigenvalue weighted by molar-refractivity contribution is -0.139. The molecule has 1 aromatic heterocycles. The molecule has 2 N–H and O–H groups in total. The summed E-state index contributed by atoms with van der Waals surface area (Å²) in [6.45, 7) is 7.03. The fraction of sp³-hybridized carbons (Fsp3) is 0.368. The van der Waals surface area contributed by atoms with E-state index in [-0.39, 0.29) is 6.42 Å². The van der Waals surface area contributed by atoms with Gasteiger partial charge in [-0.05, 0) is 45.4 Å². The van der Waals surface area contributed by atoms with Crippen LogP contribution in [0.25, 0.3) is 11.3 Å². The fourth-order valence-corrected chi connectivity index (χ4v) is 2.28. The van der Waals surface area contributed by atoms with Crippen LogP contribution in [0.5, 0.6) is 0 Å². The van der Waals surface area contributed by atoms with Crippen molar-refractivity contribution in [1.29, 1.82) is 0 Å². The molecule has 6 heteroatoms. The highest BCUT2D eigenvalue weighted by molar-refractivity contribution is 5.80. The first kappa shape index (κ1) is 18.6. The van der Waals surface area contributed by atoms with Crippen LogP contribution < -0.4 is 5.32 Å². The largest absolute Gasteiger partial charge is 0.480 e. The maximum absolute atomic E-state index is 11.8. The lowest BCUT2D eigenvalue weighted by Crippen LogP contribution is -2.44. The number of hydrogen-bond acceptors (Lipinski definition) is 4. The van der Waals surface area contributed by atoms with Crippen molar-refractivity contribution < 1.29 is 23.8 Å². The molecule has 1 atom stereocenters. The number of carbonyl (C=O) groups excluding carboxylic acids is 1. The molecule has 2 rings (SSSR count). The molecule has 0 fully saturated rings. The lowest BCUT2D eigenvalue weighted by Gasteiger charge is -2.22. The minimum absolute atomic E-state index is 0.159. The van der Waals surface area contributed by atoms with Gasteiger partial charge in [0.25, 0.3) is 0 Å². The van der Waals surface area contributed by atoms with E-state index in [1.807, 2.05) is 43.3 Å². The number of hydrogen-bond donors (Lipinski definition) is 2. The van der Waals surface area contributed by atoms with Gasteiger partial charge in [-0.2, -0.15) is 0 Å². The third-order valence-corrected chi connectivity index (χ3v) is 3.41. The Balaban J connectivity index is 2.04. The predicted molar refractivity (Wildman–Crippen MR) is 93.4 cm³/mol. The summed E-state index contributed by atoms with van der Waals surface area (Å²) in [5.74, 6) is 0.467. The Morgan fingerprint density at radius 2 is 1.80 bits per heavy atom. The molecule has 1 heterocycles. The molecule has 1 unspecified atom stereocenters. The van der Waals surface area contributed by atoms with Gasteiger partial charge in [0.1, 0.15) is 23.2 Å². The molecule has 2 aromatic rings. The van der Waals surface area contributed by atoms with Crippen molar-refractivity contribution >= 4 is 12.1 Å². The number of benzene rings is 1. The minimum Gasteiger partial charge on any atom is -0.480 e. The summed E-state index contributed by atoms with van der Waals surface area (Å²) < 4.78 is 10.7. The zero-order chi connectivity index (χ0) is 18.6. The van der Waals surface area contributed by atoms with E-state index in [0.29, 0.717) is 0 Å². The van der Waals surface area contributed by atoms with Crippen molar-refractivity contribution in [2.75, 3.05) is 0 Å². The number of furan rings is 1. The van der Waals surface area contributed by atoms with E-state index < -0.39 is 23.7 Å². The zero-order valence-electron chi connectivity index (χ0n) is 14.8. The second-order valence-corrected chi connectivity index (χ2v) is 6.85. The van der Waals surface area contributed by atoms with Crippen molar-refractivity contribution in [3.05, 3.63) is 47.7 Å². The predicted octanol–water partition coefficient (Wildman–Crippen LogP) is 3.78. The molecule has 1 amide bonds. The first-order valence-corrected chi connectivity index (χ1v) is 8.02. The smallest absolute Gasteiger partial charge is 0.408 e. The molecular formula is C19H23NO5. The average Bonchev–Trinajstić information content (AvgIpc) is 2.92. The van der Waals surface area contributed by atoms with E-state index >= 15 is 0 Å². The van der Waals surface area contributed by atoms with Crippen LogP contribution in [0.4, 0.5) is 4.79 Å². The Morgan fingerprint density at radius 3 is 2.28 bits per heavy atom. The molecule has 0 saturated heterocycles. The highest BCUT2D eigenvalue weighted by Crippen LogP contribution is 2.22. The van der Waals surface area contributed by atoms with Gasteiger partial charge in [0.2, 0.25) is 0 Å². The Labute approximate surface area is 146 Å². The maximum Gasteiger partial charge on any atom is 0.408 e. The van der Waals surface area contributed by atoms with Crippen LogP contribution in [0.1, 0.15) is 32.1 Å². The van der Waals surface area contributed by atoms with Gasteiger partial charge in [0, 0.05) is 12.0 Å². The number of rotatable bonds is 5. The number of nitrogens with one attached hydrogen (secondary N) is 1. The molecule has 6 nitrogen and oxygen atoms in total. The van der Waals surface area contributed by atoms with Crippen molar-refractivity contribution in [1.82, 2.24) is 5.32 Å². The lowest BCUT2D eigenvalue weighted by atomic mass is 10.0. The normalized spacial score (nSPS) is 12.5. The van der Waals surface area contributed by atoms with Crippen LogP contribution in [-0.4, -0.2) is 28.8 Å². The van der Waals surface area contributed by atoms with Gasteiger partial charge < -0.3 is 19.6 Å². The molecule has 0 radical (unpaired) electrons. The number of alkyl carbamates (subject to hydrolysis) is 1. The van der Waals surface area contributed by atoms with Crippen molar-refractivity contribution in [3.8, 4) is 11.3 Å². The molecule has 25 heavy (non-hydrogen) atoms. The van der Waals surface area contributed by atoms with Crippen LogP contribution in [-0.2, 0) is 16.0 Å². The number of carboxylic acids is 1. The topological polar surface area (TPSA) is 88.8 Å². The summed E-state index contributed by atoms with van der Waals surface area (Å²) in [6, 6.07) is 10.1. The molecule has 0 aliphatic rings. The Morgan fingerprint density at radius 1 is 1.16 bits per heavy atom. The summed E-state index contributed by atoms with van der Waals surface area (Å²) in [6.07, 6.45) is -0.589. The molecule has 0 bridgehead atoms. The molecular weight excluding hydrogens is 322 g/mol. The number of amides is 1. The van der Waals surface area contributed by atoms with Crippen LogP contribution >= 0.6 is 0 Å². The first-order valence-electron chi connectivity index (χ1n) is 8.02. The van der Waals surface area contributed by atoms with Gasteiger partial charge in [0.15, 0.2) is 0 Å². The Kier molecular flexibility index (Phi) is 5.51. The van der Waals surface area contributed by atoms with Gasteiger partial charge in [-0.15, -0.1) is 0 Å². The molecule has 134 valence electrons. The summed E-state index contributed by atoms with van der Waals surface area (Å²) in [4.78, 5) is 23.2. The second-order valence-electron chi connectivity index (χ2n) is 6.85. The van der Waals surface area contributed by atoms with Crippen molar-refractivity contribution in [3.63, 3.8) is 0 Å². The number of aryl methyl sites for hydroxylation is 1. The molecule has 1 aromatic carbocycles. The van der Waals surface area contributed by atoms with E-state index in [2.05, 4.69) is 5.32 Å². The van der Waals surface area contributed by atoms with Gasteiger partial charge in [-0.3, -0.25) is 0 Å². The summed E-state index contributed by atoms with van der Waals surface area (Å²) >= 11 is 0. The highest BCUT2D eigenvalue weighted by Gasteiger charge is 2.24. The van der Waals surface area contributed by atoms with E-state index in [9.17, 15) is 14.7 Å². The summed E-state index contributed by atoms with van der Waals surface area (Å²) in [7, 11) is 0. The first-order chi connectivity index (χ1) is 11.6. The third-order valence-electron chi connectivity index (χ3n) is 3.41. The Bertz CT molecular complexity index is 740. The van der Waals surface area contributed by atoms with Gasteiger partial charge in [-0.25, -0.2) is 9.59 Å². The average molecular weight is 345 g/mol. The zero-order valence-corrected chi connectivity index (χ0v) is 14.8. The molecule has 0 aliphatic heterocycles. The second kappa shape index (κ2) is 7.42. The highest BCUT2D eigenvalue weighted by atomic mass is 16.6. The van der Waals surface area contributed by atoms with Crippen LogP contribution in [0.3, 0.4) is 0 Å². The number of aliphatic carboxylic acids is 1. The van der Waals surface area contributed by atoms with Crippen LogP contribution in [0, 0.1) is 6.92 Å². The number of ether oxygens (including phenoxy) is 1. The maximum atomic E-state index is 11.8. The monoisotopic (exact) mass is 345 g/mol. The van der Waals surface area contributed by atoms with Crippen molar-refractivity contribution in [2.24, 2.45) is 0 Å². The fourth-order valence-electron chi connectivity index (χ4n) is 2.28. The third kappa shape index (κ3) is 5.67.